The summed E-state index contributed by atoms with van der Waals surface area (Å²) < 4.78 is 13.4. The Hall–Kier alpha value is -1.65. The molecule has 20 heavy (non-hydrogen) atoms. The van der Waals surface area contributed by atoms with Gasteiger partial charge in [0.25, 0.3) is 0 Å². The van der Waals surface area contributed by atoms with Crippen LogP contribution in [0.5, 0.6) is 0 Å². The van der Waals surface area contributed by atoms with Crippen molar-refractivity contribution in [3.8, 4) is 0 Å². The van der Waals surface area contributed by atoms with Crippen molar-refractivity contribution in [2.45, 2.75) is 13.5 Å². The standard InChI is InChI=1S/C15H14ClFN2S/c1-10-6-7-12(8-14(10)17)19-15(20)18-9-11-4-2-3-5-13(11)16/h2-8H,9H2,1H3,(H2,18,19,20). The second-order valence-electron chi connectivity index (χ2n) is 4.36. The molecule has 5 heteroatoms. The normalized spacial score (nSPS) is 10.2. The van der Waals surface area contributed by atoms with E-state index >= 15 is 0 Å². The topological polar surface area (TPSA) is 24.1 Å². The Bertz CT molecular complexity index is 631. The smallest absolute Gasteiger partial charge is 0.171 e. The predicted molar refractivity (Wildman–Crippen MR) is 85.6 cm³/mol. The van der Waals surface area contributed by atoms with Crippen LogP contribution in [0, 0.1) is 12.7 Å². The molecule has 2 aromatic rings. The molecule has 0 radical (unpaired) electrons. The first-order chi connectivity index (χ1) is 9.56. The van der Waals surface area contributed by atoms with E-state index in [9.17, 15) is 4.39 Å². The molecule has 0 bridgehead atoms. The summed E-state index contributed by atoms with van der Waals surface area (Å²) in [5, 5.41) is 7.08. The Morgan fingerprint density at radius 3 is 2.70 bits per heavy atom. The molecule has 0 aliphatic rings. The highest BCUT2D eigenvalue weighted by molar-refractivity contribution is 7.80. The lowest BCUT2D eigenvalue weighted by Crippen LogP contribution is -2.28. The fourth-order valence-electron chi connectivity index (χ4n) is 1.66. The van der Waals surface area contributed by atoms with E-state index in [1.165, 1.54) is 6.07 Å². The molecule has 0 atom stereocenters. The Labute approximate surface area is 128 Å². The van der Waals surface area contributed by atoms with Crippen molar-refractivity contribution >= 4 is 34.6 Å². The van der Waals surface area contributed by atoms with Crippen molar-refractivity contribution in [2.75, 3.05) is 5.32 Å². The molecule has 2 rings (SSSR count). The van der Waals surface area contributed by atoms with Gasteiger partial charge in [0.15, 0.2) is 5.11 Å². The van der Waals surface area contributed by atoms with Gasteiger partial charge in [0.2, 0.25) is 0 Å². The molecule has 0 fully saturated rings. The summed E-state index contributed by atoms with van der Waals surface area (Å²) in [6.45, 7) is 2.23. The SMILES string of the molecule is Cc1ccc(NC(=S)NCc2ccccc2Cl)cc1F. The predicted octanol–water partition coefficient (Wildman–Crippen LogP) is 4.27. The average molecular weight is 309 g/mol. The van der Waals surface area contributed by atoms with E-state index in [1.807, 2.05) is 24.3 Å². The summed E-state index contributed by atoms with van der Waals surface area (Å²) in [6.07, 6.45) is 0. The number of halogens is 2. The Morgan fingerprint density at radius 2 is 2.00 bits per heavy atom. The molecule has 0 aliphatic heterocycles. The van der Waals surface area contributed by atoms with Crippen molar-refractivity contribution < 1.29 is 4.39 Å². The van der Waals surface area contributed by atoms with Gasteiger partial charge in [-0.1, -0.05) is 35.9 Å². The Balaban J connectivity index is 1.93. The number of rotatable bonds is 3. The molecule has 0 heterocycles. The fourth-order valence-corrected chi connectivity index (χ4v) is 2.06. The largest absolute Gasteiger partial charge is 0.358 e. The summed E-state index contributed by atoms with van der Waals surface area (Å²) in [5.41, 5.74) is 2.17. The molecular formula is C15H14ClFN2S. The van der Waals surface area contributed by atoms with Crippen LogP contribution in [-0.4, -0.2) is 5.11 Å². The first-order valence-electron chi connectivity index (χ1n) is 6.10. The molecule has 0 unspecified atom stereocenters. The summed E-state index contributed by atoms with van der Waals surface area (Å²) >= 11 is 11.2. The highest BCUT2D eigenvalue weighted by atomic mass is 35.5. The van der Waals surface area contributed by atoms with Crippen LogP contribution in [0.1, 0.15) is 11.1 Å². The minimum Gasteiger partial charge on any atom is -0.358 e. The summed E-state index contributed by atoms with van der Waals surface area (Å²) in [4.78, 5) is 0. The Morgan fingerprint density at radius 1 is 1.25 bits per heavy atom. The van der Waals surface area contributed by atoms with Gasteiger partial charge in [0, 0.05) is 17.3 Å². The van der Waals surface area contributed by atoms with Gasteiger partial charge < -0.3 is 10.6 Å². The van der Waals surface area contributed by atoms with E-state index in [4.69, 9.17) is 23.8 Å². The van der Waals surface area contributed by atoms with Gasteiger partial charge in [0.05, 0.1) is 0 Å². The minimum atomic E-state index is -0.260. The number of anilines is 1. The van der Waals surface area contributed by atoms with E-state index in [0.717, 1.165) is 5.56 Å². The Kier molecular flexibility index (Phi) is 4.93. The van der Waals surface area contributed by atoms with Crippen LogP contribution < -0.4 is 10.6 Å². The second-order valence-corrected chi connectivity index (χ2v) is 5.18. The number of hydrogen-bond acceptors (Lipinski definition) is 1. The molecule has 0 saturated heterocycles. The highest BCUT2D eigenvalue weighted by Gasteiger charge is 2.03. The molecule has 2 aromatic carbocycles. The summed E-state index contributed by atoms with van der Waals surface area (Å²) in [7, 11) is 0. The molecule has 0 aromatic heterocycles. The van der Waals surface area contributed by atoms with Gasteiger partial charge in [0.1, 0.15) is 5.82 Å². The van der Waals surface area contributed by atoms with Gasteiger partial charge in [-0.15, -0.1) is 0 Å². The zero-order chi connectivity index (χ0) is 14.5. The van der Waals surface area contributed by atoms with E-state index in [2.05, 4.69) is 10.6 Å². The molecule has 0 spiro atoms. The third-order valence-corrected chi connectivity index (χ3v) is 3.44. The molecule has 2 N–H and O–H groups in total. The molecule has 0 saturated carbocycles. The van der Waals surface area contributed by atoms with Crippen LogP contribution in [0.25, 0.3) is 0 Å². The van der Waals surface area contributed by atoms with E-state index in [0.29, 0.717) is 27.9 Å². The number of aryl methyl sites for hydroxylation is 1. The lowest BCUT2D eigenvalue weighted by molar-refractivity contribution is 0.619. The quantitative estimate of drug-likeness (QED) is 0.828. The molecular weight excluding hydrogens is 295 g/mol. The molecule has 0 amide bonds. The van der Waals surface area contributed by atoms with Crippen molar-refractivity contribution in [1.82, 2.24) is 5.32 Å². The van der Waals surface area contributed by atoms with Crippen molar-refractivity contribution in [3.63, 3.8) is 0 Å². The number of benzene rings is 2. The van der Waals surface area contributed by atoms with Gasteiger partial charge in [-0.2, -0.15) is 0 Å². The van der Waals surface area contributed by atoms with Gasteiger partial charge in [-0.05, 0) is 48.5 Å². The van der Waals surface area contributed by atoms with Crippen molar-refractivity contribution in [2.24, 2.45) is 0 Å². The van der Waals surface area contributed by atoms with Crippen LogP contribution in [0.15, 0.2) is 42.5 Å². The van der Waals surface area contributed by atoms with Crippen LogP contribution in [0.3, 0.4) is 0 Å². The third kappa shape index (κ3) is 3.92. The van der Waals surface area contributed by atoms with E-state index in [1.54, 1.807) is 19.1 Å². The van der Waals surface area contributed by atoms with Crippen molar-refractivity contribution in [1.29, 1.82) is 0 Å². The van der Waals surface area contributed by atoms with Crippen molar-refractivity contribution in [3.05, 3.63) is 64.4 Å². The maximum atomic E-state index is 13.4. The zero-order valence-corrected chi connectivity index (χ0v) is 12.5. The second kappa shape index (κ2) is 6.68. The average Bonchev–Trinajstić information content (AvgIpc) is 2.42. The monoisotopic (exact) mass is 308 g/mol. The van der Waals surface area contributed by atoms with E-state index < -0.39 is 0 Å². The highest BCUT2D eigenvalue weighted by Crippen LogP contribution is 2.15. The lowest BCUT2D eigenvalue weighted by Gasteiger charge is -2.11. The van der Waals surface area contributed by atoms with Crippen LogP contribution in [-0.2, 0) is 6.54 Å². The van der Waals surface area contributed by atoms with Gasteiger partial charge >= 0.3 is 0 Å². The maximum absolute atomic E-state index is 13.4. The first-order valence-corrected chi connectivity index (χ1v) is 6.89. The van der Waals surface area contributed by atoms with E-state index in [-0.39, 0.29) is 5.82 Å². The number of nitrogens with one attached hydrogen (secondary N) is 2. The fraction of sp³-hybridized carbons (Fsp3) is 0.133. The maximum Gasteiger partial charge on any atom is 0.171 e. The lowest BCUT2D eigenvalue weighted by atomic mass is 10.2. The van der Waals surface area contributed by atoms with Gasteiger partial charge in [-0.25, -0.2) is 4.39 Å². The number of thiocarbonyl (C=S) groups is 1. The van der Waals surface area contributed by atoms with Crippen LogP contribution in [0.4, 0.5) is 10.1 Å². The first kappa shape index (κ1) is 14.8. The summed E-state index contributed by atoms with van der Waals surface area (Å²) in [6, 6.07) is 12.4. The van der Waals surface area contributed by atoms with Crippen LogP contribution >= 0.6 is 23.8 Å². The molecule has 104 valence electrons. The minimum absolute atomic E-state index is 0.260. The van der Waals surface area contributed by atoms with Crippen LogP contribution in [0.2, 0.25) is 5.02 Å². The summed E-state index contributed by atoms with van der Waals surface area (Å²) in [5.74, 6) is -0.260. The number of hydrogen-bond donors (Lipinski definition) is 2. The zero-order valence-electron chi connectivity index (χ0n) is 10.9. The van der Waals surface area contributed by atoms with Gasteiger partial charge in [-0.3, -0.25) is 0 Å². The third-order valence-electron chi connectivity index (χ3n) is 2.83. The molecule has 2 nitrogen and oxygen atoms in total. The molecule has 0 aliphatic carbocycles.